The molecular formula is C24H23ClF2N6O3. The van der Waals surface area contributed by atoms with Crippen LogP contribution in [0, 0.1) is 21.7 Å². The highest BCUT2D eigenvalue weighted by Gasteiger charge is 2.41. The first-order chi connectivity index (χ1) is 17.2. The van der Waals surface area contributed by atoms with Crippen molar-refractivity contribution in [1.82, 2.24) is 5.32 Å². The van der Waals surface area contributed by atoms with E-state index in [2.05, 4.69) is 10.6 Å². The summed E-state index contributed by atoms with van der Waals surface area (Å²) >= 11 is 6.05. The molecular weight excluding hydrogens is 494 g/mol. The fourth-order valence-corrected chi connectivity index (χ4v) is 3.75. The van der Waals surface area contributed by atoms with Gasteiger partial charge in [-0.05, 0) is 48.4 Å². The summed E-state index contributed by atoms with van der Waals surface area (Å²) in [5, 5.41) is 39.4. The zero-order chi connectivity index (χ0) is 26.3. The zero-order valence-corrected chi connectivity index (χ0v) is 19.8. The van der Waals surface area contributed by atoms with E-state index in [-0.39, 0.29) is 33.1 Å². The quantitative estimate of drug-likeness (QED) is 0.278. The summed E-state index contributed by atoms with van der Waals surface area (Å²) in [5.41, 5.74) is 6.20. The second-order valence-electron chi connectivity index (χ2n) is 7.86. The number of nitrogens with one attached hydrogen (secondary N) is 2. The number of amides is 1. The number of rotatable bonds is 10. The van der Waals surface area contributed by atoms with Gasteiger partial charge in [0, 0.05) is 29.8 Å². The third-order valence-electron chi connectivity index (χ3n) is 5.38. The minimum absolute atomic E-state index is 0.0420. The molecule has 2 aromatic heterocycles. The summed E-state index contributed by atoms with van der Waals surface area (Å²) in [7, 11) is 0. The summed E-state index contributed by atoms with van der Waals surface area (Å²) in [6, 6.07) is 13.1. The number of nitrogens with two attached hydrogens (primary N) is 1. The van der Waals surface area contributed by atoms with Crippen molar-refractivity contribution < 1.29 is 23.0 Å². The van der Waals surface area contributed by atoms with Crippen LogP contribution in [0.25, 0.3) is 0 Å². The highest BCUT2D eigenvalue weighted by molar-refractivity contribution is 6.30. The largest absolute Gasteiger partial charge is 0.710 e. The standard InChI is InChI=1S/C24H23ClF2N6O3/c25-19-6-4-16(8-9-28)18(11-19)14-30-23(34)12-20-17(13-29)5-7-22(33(20)36)31-15-24(26,27)21-3-1-2-10-32(21)35/h1-7,10-11,31H,8-9,12,14-15,28H2,(H,30,34). The van der Waals surface area contributed by atoms with Gasteiger partial charge in [-0.3, -0.25) is 10.1 Å². The maximum absolute atomic E-state index is 14.5. The Morgan fingerprint density at radius 2 is 1.94 bits per heavy atom. The van der Waals surface area contributed by atoms with Crippen molar-refractivity contribution in [1.29, 1.82) is 5.26 Å². The van der Waals surface area contributed by atoms with Crippen LogP contribution in [-0.2, 0) is 30.1 Å². The lowest BCUT2D eigenvalue weighted by Crippen LogP contribution is -2.43. The number of alkyl halides is 2. The molecule has 2 heterocycles. The third-order valence-corrected chi connectivity index (χ3v) is 5.61. The van der Waals surface area contributed by atoms with Crippen LogP contribution in [0.1, 0.15) is 28.1 Å². The fraction of sp³-hybridized carbons (Fsp3) is 0.250. The van der Waals surface area contributed by atoms with Crippen molar-refractivity contribution in [2.75, 3.05) is 18.4 Å². The van der Waals surface area contributed by atoms with Crippen molar-refractivity contribution in [3.8, 4) is 6.07 Å². The Kier molecular flexibility index (Phi) is 8.58. The summed E-state index contributed by atoms with van der Waals surface area (Å²) < 4.78 is 29.3. The van der Waals surface area contributed by atoms with Crippen LogP contribution in [0.3, 0.4) is 0 Å². The van der Waals surface area contributed by atoms with E-state index in [0.29, 0.717) is 18.0 Å². The molecule has 0 aliphatic rings. The van der Waals surface area contributed by atoms with Gasteiger partial charge in [0.25, 0.3) is 11.5 Å². The van der Waals surface area contributed by atoms with Crippen molar-refractivity contribution in [3.63, 3.8) is 0 Å². The topological polar surface area (TPSA) is 145 Å². The predicted molar refractivity (Wildman–Crippen MR) is 128 cm³/mol. The SMILES string of the molecule is N#Cc1ccc(NCC(F)(F)c2cccc[n+]2[O-])[n+]([O-])c1CC(=O)NCc1cc(Cl)ccc1CCN. The number of hydrogen-bond donors (Lipinski definition) is 3. The highest BCUT2D eigenvalue weighted by atomic mass is 35.5. The molecule has 3 rings (SSSR count). The molecule has 0 unspecified atom stereocenters. The number of pyridine rings is 2. The lowest BCUT2D eigenvalue weighted by atomic mass is 10.0. The van der Waals surface area contributed by atoms with Crippen LogP contribution >= 0.6 is 11.6 Å². The minimum atomic E-state index is -3.60. The third kappa shape index (κ3) is 6.35. The lowest BCUT2D eigenvalue weighted by Gasteiger charge is -2.18. The highest BCUT2D eigenvalue weighted by Crippen LogP contribution is 2.25. The second-order valence-corrected chi connectivity index (χ2v) is 8.30. The normalized spacial score (nSPS) is 11.1. The van der Waals surface area contributed by atoms with E-state index in [1.807, 2.05) is 12.1 Å². The Morgan fingerprint density at radius 3 is 2.64 bits per heavy atom. The first-order valence-electron chi connectivity index (χ1n) is 10.9. The van der Waals surface area contributed by atoms with Crippen LogP contribution in [0.2, 0.25) is 5.02 Å². The molecule has 0 aliphatic carbocycles. The van der Waals surface area contributed by atoms with Crippen LogP contribution in [0.4, 0.5) is 14.6 Å². The number of halogens is 3. The number of nitrogens with zero attached hydrogens (tertiary/aromatic N) is 3. The van der Waals surface area contributed by atoms with E-state index in [1.165, 1.54) is 18.2 Å². The number of nitriles is 1. The molecule has 0 fully saturated rings. The predicted octanol–water partition coefficient (Wildman–Crippen LogP) is 2.04. The average molecular weight is 517 g/mol. The zero-order valence-electron chi connectivity index (χ0n) is 19.0. The number of carbonyl (C=O) groups excluding carboxylic acids is 1. The first kappa shape index (κ1) is 26.6. The average Bonchev–Trinajstić information content (AvgIpc) is 2.85. The molecule has 9 nitrogen and oxygen atoms in total. The monoisotopic (exact) mass is 516 g/mol. The van der Waals surface area contributed by atoms with Gasteiger partial charge in [0.15, 0.2) is 12.7 Å². The summed E-state index contributed by atoms with van der Waals surface area (Å²) in [6.45, 7) is -0.536. The number of anilines is 1. The van der Waals surface area contributed by atoms with E-state index >= 15 is 0 Å². The number of aromatic nitrogens is 2. The van der Waals surface area contributed by atoms with Gasteiger partial charge in [-0.2, -0.15) is 18.8 Å². The fourth-order valence-electron chi connectivity index (χ4n) is 3.55. The lowest BCUT2D eigenvalue weighted by molar-refractivity contribution is -0.624. The van der Waals surface area contributed by atoms with Crippen molar-refractivity contribution in [3.05, 3.63) is 98.2 Å². The Balaban J connectivity index is 1.74. The Bertz CT molecular complexity index is 1300. The molecule has 0 saturated carbocycles. The molecule has 0 spiro atoms. The molecule has 4 N–H and O–H groups in total. The Labute approximate surface area is 210 Å². The first-order valence-corrected chi connectivity index (χ1v) is 11.2. The van der Waals surface area contributed by atoms with Crippen molar-refractivity contribution in [2.24, 2.45) is 5.73 Å². The van der Waals surface area contributed by atoms with E-state index in [0.717, 1.165) is 29.5 Å². The molecule has 0 aliphatic heterocycles. The molecule has 0 atom stereocenters. The van der Waals surface area contributed by atoms with Crippen molar-refractivity contribution in [2.45, 2.75) is 25.3 Å². The molecule has 36 heavy (non-hydrogen) atoms. The molecule has 1 amide bonds. The van der Waals surface area contributed by atoms with Gasteiger partial charge in [-0.1, -0.05) is 17.7 Å². The summed E-state index contributed by atoms with van der Waals surface area (Å²) in [5.74, 6) is -4.46. The second kappa shape index (κ2) is 11.6. The Morgan fingerprint density at radius 1 is 1.17 bits per heavy atom. The molecule has 188 valence electrons. The number of hydrogen-bond acceptors (Lipinski definition) is 6. The Hall–Kier alpha value is -4.01. The smallest absolute Gasteiger partial charge is 0.367 e. The molecule has 0 radical (unpaired) electrons. The van der Waals surface area contributed by atoms with Gasteiger partial charge in [0.2, 0.25) is 5.91 Å². The van der Waals surface area contributed by atoms with Crippen molar-refractivity contribution >= 4 is 23.3 Å². The molecule has 12 heteroatoms. The van der Waals surface area contributed by atoms with Crippen LogP contribution in [0.5, 0.6) is 0 Å². The van der Waals surface area contributed by atoms with E-state index in [1.54, 1.807) is 12.1 Å². The molecule has 0 saturated heterocycles. The van der Waals surface area contributed by atoms with Gasteiger partial charge in [0.05, 0.1) is 12.0 Å². The molecule has 1 aromatic carbocycles. The van der Waals surface area contributed by atoms with E-state index in [4.69, 9.17) is 17.3 Å². The maximum Gasteiger partial charge on any atom is 0.367 e. The van der Waals surface area contributed by atoms with Gasteiger partial charge in [0.1, 0.15) is 11.8 Å². The van der Waals surface area contributed by atoms with Crippen LogP contribution in [-0.4, -0.2) is 19.0 Å². The number of carbonyl (C=O) groups is 1. The molecule has 0 bridgehead atoms. The van der Waals surface area contributed by atoms with Crippen LogP contribution < -0.4 is 25.8 Å². The van der Waals surface area contributed by atoms with Gasteiger partial charge in [-0.15, -0.1) is 0 Å². The summed E-state index contributed by atoms with van der Waals surface area (Å²) in [4.78, 5) is 12.6. The van der Waals surface area contributed by atoms with Gasteiger partial charge in [-0.25, -0.2) is 4.73 Å². The maximum atomic E-state index is 14.5. The van der Waals surface area contributed by atoms with E-state index < -0.39 is 30.5 Å². The molecule has 3 aromatic rings. The van der Waals surface area contributed by atoms with Crippen LogP contribution in [0.15, 0.2) is 54.7 Å². The minimum Gasteiger partial charge on any atom is -0.710 e. The summed E-state index contributed by atoms with van der Waals surface area (Å²) in [6.07, 6.45) is 1.05. The van der Waals surface area contributed by atoms with E-state index in [9.17, 15) is 29.3 Å². The van der Waals surface area contributed by atoms with Gasteiger partial charge >= 0.3 is 5.92 Å². The number of benzene rings is 1. The van der Waals surface area contributed by atoms with Gasteiger partial charge < -0.3 is 21.5 Å².